The molecule has 0 saturated carbocycles. The molecule has 4 aromatic rings. The van der Waals surface area contributed by atoms with Crippen LogP contribution in [-0.2, 0) is 11.3 Å². The van der Waals surface area contributed by atoms with Gasteiger partial charge in [-0.3, -0.25) is 4.79 Å². The molecule has 0 spiro atoms. The van der Waals surface area contributed by atoms with Crippen LogP contribution in [0, 0.1) is 0 Å². The lowest BCUT2D eigenvalue weighted by molar-refractivity contribution is 0.0792. The van der Waals surface area contributed by atoms with Crippen LogP contribution in [0.15, 0.2) is 91.1 Å². The van der Waals surface area contributed by atoms with Crippen LogP contribution in [0.2, 0.25) is 5.02 Å². The third-order valence-electron chi connectivity index (χ3n) is 5.37. The van der Waals surface area contributed by atoms with Crippen molar-refractivity contribution in [3.63, 3.8) is 0 Å². The van der Waals surface area contributed by atoms with Crippen molar-refractivity contribution in [2.24, 2.45) is 0 Å². The highest BCUT2D eigenvalue weighted by molar-refractivity contribution is 6.30. The van der Waals surface area contributed by atoms with Crippen molar-refractivity contribution >= 4 is 17.5 Å². The monoisotopic (exact) mass is 459 g/mol. The van der Waals surface area contributed by atoms with E-state index in [1.54, 1.807) is 10.9 Å². The maximum absolute atomic E-state index is 13.3. The van der Waals surface area contributed by atoms with Crippen LogP contribution in [0.3, 0.4) is 0 Å². The van der Waals surface area contributed by atoms with E-state index in [4.69, 9.17) is 16.3 Å². The molecule has 0 aliphatic carbocycles. The van der Waals surface area contributed by atoms with Crippen molar-refractivity contribution in [3.05, 3.63) is 107 Å². The highest BCUT2D eigenvalue weighted by Crippen LogP contribution is 2.27. The van der Waals surface area contributed by atoms with E-state index < -0.39 is 0 Å². The van der Waals surface area contributed by atoms with Gasteiger partial charge in [-0.25, -0.2) is 4.68 Å². The van der Waals surface area contributed by atoms with Crippen molar-refractivity contribution < 1.29 is 9.53 Å². The van der Waals surface area contributed by atoms with Gasteiger partial charge in [-0.15, -0.1) is 0 Å². The SMILES string of the molecule is CC[C@H](COCc1ccccc1)NC(=O)c1cnn(-c2cccc(Cl)c2)c1-c1ccccc1. The van der Waals surface area contributed by atoms with Gasteiger partial charge in [-0.1, -0.05) is 85.3 Å². The molecule has 0 unspecified atom stereocenters. The lowest BCUT2D eigenvalue weighted by Crippen LogP contribution is -2.37. The predicted octanol–water partition coefficient (Wildman–Crippen LogP) is 5.92. The smallest absolute Gasteiger partial charge is 0.255 e. The lowest BCUT2D eigenvalue weighted by atomic mass is 10.1. The number of ether oxygens (including phenoxy) is 1. The molecule has 0 aliphatic rings. The molecule has 1 heterocycles. The summed E-state index contributed by atoms with van der Waals surface area (Å²) in [5, 5.41) is 8.24. The Morgan fingerprint density at radius 3 is 2.45 bits per heavy atom. The van der Waals surface area contributed by atoms with E-state index in [-0.39, 0.29) is 11.9 Å². The van der Waals surface area contributed by atoms with Crippen LogP contribution in [0.5, 0.6) is 0 Å². The molecule has 3 aromatic carbocycles. The standard InChI is InChI=1S/C27H26ClN3O2/c1-2-23(19-33-18-20-10-5-3-6-11-20)30-27(32)25-17-29-31(24-15-9-14-22(28)16-24)26(25)21-12-7-4-8-13-21/h3-17,23H,2,18-19H2,1H3,(H,30,32)/t23-/m1/s1. The number of halogens is 1. The number of rotatable bonds is 9. The highest BCUT2D eigenvalue weighted by atomic mass is 35.5. The first-order valence-electron chi connectivity index (χ1n) is 11.0. The third-order valence-corrected chi connectivity index (χ3v) is 5.61. The normalized spacial score (nSPS) is 11.8. The fourth-order valence-electron chi connectivity index (χ4n) is 3.61. The van der Waals surface area contributed by atoms with Crippen LogP contribution in [-0.4, -0.2) is 28.3 Å². The van der Waals surface area contributed by atoms with Gasteiger partial charge in [-0.05, 0) is 30.2 Å². The number of hydrogen-bond donors (Lipinski definition) is 1. The number of carbonyl (C=O) groups is 1. The summed E-state index contributed by atoms with van der Waals surface area (Å²) < 4.78 is 7.61. The summed E-state index contributed by atoms with van der Waals surface area (Å²) in [5.41, 5.74) is 4.01. The molecule has 0 fully saturated rings. The molecular formula is C27H26ClN3O2. The zero-order chi connectivity index (χ0) is 23.0. The Hall–Kier alpha value is -3.41. The Labute approximate surface area is 199 Å². The summed E-state index contributed by atoms with van der Waals surface area (Å²) in [4.78, 5) is 13.3. The van der Waals surface area contributed by atoms with Gasteiger partial charge in [0.15, 0.2) is 0 Å². The average Bonchev–Trinajstić information content (AvgIpc) is 3.30. The van der Waals surface area contributed by atoms with Gasteiger partial charge in [0.25, 0.3) is 5.91 Å². The maximum Gasteiger partial charge on any atom is 0.255 e. The van der Waals surface area contributed by atoms with E-state index in [1.807, 2.05) is 91.9 Å². The van der Waals surface area contributed by atoms with Crippen molar-refractivity contribution in [3.8, 4) is 16.9 Å². The largest absolute Gasteiger partial charge is 0.375 e. The van der Waals surface area contributed by atoms with Crippen LogP contribution in [0.1, 0.15) is 29.3 Å². The van der Waals surface area contributed by atoms with E-state index in [0.29, 0.717) is 23.8 Å². The van der Waals surface area contributed by atoms with E-state index in [1.165, 1.54) is 0 Å². The first-order chi connectivity index (χ1) is 16.2. The highest BCUT2D eigenvalue weighted by Gasteiger charge is 2.22. The van der Waals surface area contributed by atoms with Crippen LogP contribution in [0.25, 0.3) is 16.9 Å². The molecular weight excluding hydrogens is 434 g/mol. The molecule has 1 amide bonds. The second kappa shape index (κ2) is 10.9. The number of benzene rings is 3. The molecule has 5 nitrogen and oxygen atoms in total. The molecule has 168 valence electrons. The Morgan fingerprint density at radius 2 is 1.76 bits per heavy atom. The summed E-state index contributed by atoms with van der Waals surface area (Å²) in [7, 11) is 0. The Morgan fingerprint density at radius 1 is 1.03 bits per heavy atom. The zero-order valence-electron chi connectivity index (χ0n) is 18.4. The summed E-state index contributed by atoms with van der Waals surface area (Å²) in [6, 6.07) is 27.1. The summed E-state index contributed by atoms with van der Waals surface area (Å²) in [6.07, 6.45) is 2.36. The van der Waals surface area contributed by atoms with Gasteiger partial charge in [0.05, 0.1) is 42.4 Å². The molecule has 1 atom stereocenters. The first-order valence-corrected chi connectivity index (χ1v) is 11.4. The predicted molar refractivity (Wildman–Crippen MR) is 132 cm³/mol. The summed E-state index contributed by atoms with van der Waals surface area (Å²) in [6.45, 7) is 2.97. The lowest BCUT2D eigenvalue weighted by Gasteiger charge is -2.18. The Kier molecular flexibility index (Phi) is 7.55. The fraction of sp³-hybridized carbons (Fsp3) is 0.185. The minimum Gasteiger partial charge on any atom is -0.375 e. The second-order valence-corrected chi connectivity index (χ2v) is 8.18. The number of nitrogens with one attached hydrogen (secondary N) is 1. The average molecular weight is 460 g/mol. The Balaban J connectivity index is 1.55. The molecule has 4 rings (SSSR count). The molecule has 1 N–H and O–H groups in total. The van der Waals surface area contributed by atoms with E-state index in [0.717, 1.165) is 28.9 Å². The van der Waals surface area contributed by atoms with Gasteiger partial charge in [0, 0.05) is 10.6 Å². The van der Waals surface area contributed by atoms with Crippen LogP contribution < -0.4 is 5.32 Å². The van der Waals surface area contributed by atoms with Gasteiger partial charge < -0.3 is 10.1 Å². The fourth-order valence-corrected chi connectivity index (χ4v) is 3.79. The van der Waals surface area contributed by atoms with E-state index in [2.05, 4.69) is 10.4 Å². The third kappa shape index (κ3) is 5.69. The molecule has 0 saturated heterocycles. The minimum atomic E-state index is -0.183. The summed E-state index contributed by atoms with van der Waals surface area (Å²) in [5.74, 6) is -0.183. The summed E-state index contributed by atoms with van der Waals surface area (Å²) >= 11 is 6.21. The van der Waals surface area contributed by atoms with Crippen molar-refractivity contribution in [1.82, 2.24) is 15.1 Å². The number of hydrogen-bond acceptors (Lipinski definition) is 3. The second-order valence-electron chi connectivity index (χ2n) is 7.74. The van der Waals surface area contributed by atoms with Gasteiger partial charge in [0.2, 0.25) is 0 Å². The number of aromatic nitrogens is 2. The molecule has 0 aliphatic heterocycles. The minimum absolute atomic E-state index is 0.112. The Bertz CT molecular complexity index is 1190. The quantitative estimate of drug-likeness (QED) is 0.338. The molecule has 0 radical (unpaired) electrons. The topological polar surface area (TPSA) is 56.1 Å². The molecule has 0 bridgehead atoms. The van der Waals surface area contributed by atoms with Crippen molar-refractivity contribution in [1.29, 1.82) is 0 Å². The molecule has 6 heteroatoms. The van der Waals surface area contributed by atoms with Gasteiger partial charge in [-0.2, -0.15) is 5.10 Å². The van der Waals surface area contributed by atoms with E-state index in [9.17, 15) is 4.79 Å². The maximum atomic E-state index is 13.3. The van der Waals surface area contributed by atoms with Crippen molar-refractivity contribution in [2.75, 3.05) is 6.61 Å². The number of nitrogens with zero attached hydrogens (tertiary/aromatic N) is 2. The van der Waals surface area contributed by atoms with E-state index >= 15 is 0 Å². The van der Waals surface area contributed by atoms with Crippen molar-refractivity contribution in [2.45, 2.75) is 26.0 Å². The van der Waals surface area contributed by atoms with Crippen LogP contribution in [0.4, 0.5) is 0 Å². The van der Waals surface area contributed by atoms with Gasteiger partial charge >= 0.3 is 0 Å². The molecule has 1 aromatic heterocycles. The van der Waals surface area contributed by atoms with Gasteiger partial charge in [0.1, 0.15) is 0 Å². The number of amides is 1. The number of carbonyl (C=O) groups excluding carboxylic acids is 1. The molecule has 33 heavy (non-hydrogen) atoms. The first kappa shape index (κ1) is 22.8. The zero-order valence-corrected chi connectivity index (χ0v) is 19.2. The van der Waals surface area contributed by atoms with Crippen LogP contribution >= 0.6 is 11.6 Å².